The van der Waals surface area contributed by atoms with Crippen molar-refractivity contribution in [2.24, 2.45) is 0 Å². The molecule has 0 saturated heterocycles. The average molecular weight is 354 g/mol. The number of ether oxygens (including phenoxy) is 1. The van der Waals surface area contributed by atoms with Crippen molar-refractivity contribution in [1.29, 1.82) is 0 Å². The fourth-order valence-corrected chi connectivity index (χ4v) is 3.10. The van der Waals surface area contributed by atoms with E-state index in [1.54, 1.807) is 4.90 Å². The molecule has 0 unspecified atom stereocenters. The van der Waals surface area contributed by atoms with Crippen LogP contribution in [0.5, 0.6) is 0 Å². The van der Waals surface area contributed by atoms with Gasteiger partial charge in [0.1, 0.15) is 5.60 Å². The van der Waals surface area contributed by atoms with Crippen molar-refractivity contribution >= 4 is 22.0 Å². The van der Waals surface area contributed by atoms with Crippen LogP contribution in [0.2, 0.25) is 0 Å². The van der Waals surface area contributed by atoms with Crippen molar-refractivity contribution in [3.63, 3.8) is 0 Å². The minimum atomic E-state index is -0.457. The molecule has 0 N–H and O–H groups in total. The number of rotatable bonds is 1. The molecule has 1 aliphatic rings. The third-order valence-corrected chi connectivity index (χ3v) is 4.30. The highest BCUT2D eigenvalue weighted by atomic mass is 79.9. The van der Waals surface area contributed by atoms with Crippen LogP contribution in [-0.4, -0.2) is 23.1 Å². The summed E-state index contributed by atoms with van der Waals surface area (Å²) in [5.74, 6) is 0. The molecule has 0 atom stereocenters. The largest absolute Gasteiger partial charge is 0.444 e. The zero-order valence-electron chi connectivity index (χ0n) is 13.5. The first-order chi connectivity index (χ1) is 9.62. The summed E-state index contributed by atoms with van der Waals surface area (Å²) >= 11 is 3.51. The molecule has 1 aromatic carbocycles. The van der Waals surface area contributed by atoms with Gasteiger partial charge in [-0.25, -0.2) is 4.79 Å². The van der Waals surface area contributed by atoms with Crippen molar-refractivity contribution in [2.45, 2.75) is 57.5 Å². The summed E-state index contributed by atoms with van der Waals surface area (Å²) in [6.45, 7) is 11.4. The number of hydrogen-bond donors (Lipinski definition) is 0. The predicted octanol–water partition coefficient (Wildman–Crippen LogP) is 4.61. The molecule has 1 amide bonds. The molecule has 2 rings (SSSR count). The van der Waals surface area contributed by atoms with Crippen LogP contribution < -0.4 is 0 Å². The van der Waals surface area contributed by atoms with Crippen molar-refractivity contribution in [1.82, 2.24) is 4.90 Å². The van der Waals surface area contributed by atoms with Crippen LogP contribution >= 0.6 is 15.9 Å². The lowest BCUT2D eigenvalue weighted by Crippen LogP contribution is -2.46. The number of hydrogen-bond acceptors (Lipinski definition) is 2. The van der Waals surface area contributed by atoms with Crippen LogP contribution in [0.15, 0.2) is 18.2 Å². The Morgan fingerprint density at radius 2 is 2.05 bits per heavy atom. The number of halogens is 1. The molecule has 3 nitrogen and oxygen atoms in total. The number of amides is 1. The van der Waals surface area contributed by atoms with E-state index in [9.17, 15) is 4.79 Å². The first-order valence-electron chi connectivity index (χ1n) is 7.28. The van der Waals surface area contributed by atoms with Gasteiger partial charge in [0.15, 0.2) is 0 Å². The van der Waals surface area contributed by atoms with Gasteiger partial charge in [-0.15, -0.1) is 0 Å². The lowest BCUT2D eigenvalue weighted by Gasteiger charge is -2.40. The zero-order valence-corrected chi connectivity index (χ0v) is 15.1. The molecule has 0 spiro atoms. The maximum atomic E-state index is 12.3. The van der Waals surface area contributed by atoms with Crippen molar-refractivity contribution in [3.05, 3.63) is 34.9 Å². The lowest BCUT2D eigenvalue weighted by atomic mass is 9.78. The van der Waals surface area contributed by atoms with Gasteiger partial charge < -0.3 is 9.64 Å². The summed E-state index contributed by atoms with van der Waals surface area (Å²) < 4.78 is 5.51. The predicted molar refractivity (Wildman–Crippen MR) is 88.7 cm³/mol. The molecular weight excluding hydrogens is 330 g/mol. The summed E-state index contributed by atoms with van der Waals surface area (Å²) in [4.78, 5) is 14.1. The van der Waals surface area contributed by atoms with Crippen molar-refractivity contribution in [3.8, 4) is 0 Å². The maximum absolute atomic E-state index is 12.3. The molecule has 0 fully saturated rings. The normalized spacial score (nSPS) is 17.3. The Labute approximate surface area is 135 Å². The van der Waals surface area contributed by atoms with Crippen molar-refractivity contribution < 1.29 is 9.53 Å². The fourth-order valence-electron chi connectivity index (χ4n) is 2.75. The molecule has 0 aromatic heterocycles. The first-order valence-corrected chi connectivity index (χ1v) is 8.41. The highest BCUT2D eigenvalue weighted by molar-refractivity contribution is 9.08. The third kappa shape index (κ3) is 3.79. The molecule has 1 aromatic rings. The second-order valence-electron chi connectivity index (χ2n) is 7.35. The number of benzene rings is 1. The Morgan fingerprint density at radius 1 is 1.38 bits per heavy atom. The van der Waals surface area contributed by atoms with E-state index in [-0.39, 0.29) is 11.5 Å². The Kier molecular flexibility index (Phi) is 4.39. The van der Waals surface area contributed by atoms with E-state index in [1.807, 2.05) is 20.8 Å². The van der Waals surface area contributed by atoms with E-state index in [4.69, 9.17) is 4.74 Å². The molecule has 0 radical (unpaired) electrons. The quantitative estimate of drug-likeness (QED) is 0.690. The first kappa shape index (κ1) is 16.3. The molecule has 4 heteroatoms. The van der Waals surface area contributed by atoms with Gasteiger partial charge in [-0.2, -0.15) is 0 Å². The molecule has 0 aliphatic carbocycles. The second kappa shape index (κ2) is 5.64. The van der Waals surface area contributed by atoms with E-state index in [0.29, 0.717) is 13.1 Å². The van der Waals surface area contributed by atoms with Gasteiger partial charge in [-0.05, 0) is 37.5 Å². The lowest BCUT2D eigenvalue weighted by molar-refractivity contribution is 0.0174. The monoisotopic (exact) mass is 353 g/mol. The molecule has 1 heterocycles. The van der Waals surface area contributed by atoms with E-state index in [2.05, 4.69) is 48.0 Å². The van der Waals surface area contributed by atoms with Crippen LogP contribution in [0, 0.1) is 0 Å². The molecule has 1 aliphatic heterocycles. The Morgan fingerprint density at radius 3 is 2.62 bits per heavy atom. The van der Waals surface area contributed by atoms with E-state index in [1.165, 1.54) is 16.7 Å². The number of alkyl halides is 1. The second-order valence-corrected chi connectivity index (χ2v) is 7.91. The van der Waals surface area contributed by atoms with Crippen LogP contribution in [0.1, 0.15) is 51.3 Å². The standard InChI is InChI=1S/C17H24BrNO2/c1-16(2,3)21-15(20)19-10-13-7-6-12(9-18)8-14(13)17(4,5)11-19/h6-8H,9-11H2,1-5H3. The van der Waals surface area contributed by atoms with Gasteiger partial charge in [0, 0.05) is 23.8 Å². The van der Waals surface area contributed by atoms with E-state index >= 15 is 0 Å². The Bertz CT molecular complexity index is 546. The molecule has 0 bridgehead atoms. The van der Waals surface area contributed by atoms with Gasteiger partial charge in [0.05, 0.1) is 0 Å². The smallest absolute Gasteiger partial charge is 0.410 e. The number of carbonyl (C=O) groups excluding carboxylic acids is 1. The summed E-state index contributed by atoms with van der Waals surface area (Å²) in [6, 6.07) is 6.49. The van der Waals surface area contributed by atoms with Crippen LogP contribution in [0.25, 0.3) is 0 Å². The van der Waals surface area contributed by atoms with Gasteiger partial charge in [-0.3, -0.25) is 0 Å². The van der Waals surface area contributed by atoms with Crippen LogP contribution in [-0.2, 0) is 22.0 Å². The van der Waals surface area contributed by atoms with Crippen LogP contribution in [0.4, 0.5) is 4.79 Å². The SMILES string of the molecule is CC(C)(C)OC(=O)N1Cc2ccc(CBr)cc2C(C)(C)C1. The molecular formula is C17H24BrNO2. The van der Waals surface area contributed by atoms with Crippen LogP contribution in [0.3, 0.4) is 0 Å². The van der Waals surface area contributed by atoms with Crippen molar-refractivity contribution in [2.75, 3.05) is 6.54 Å². The van der Waals surface area contributed by atoms with Gasteiger partial charge in [0.2, 0.25) is 0 Å². The number of fused-ring (bicyclic) bond motifs is 1. The Balaban J connectivity index is 2.27. The maximum Gasteiger partial charge on any atom is 0.410 e. The third-order valence-electron chi connectivity index (χ3n) is 3.66. The number of carbonyl (C=O) groups is 1. The molecule has 21 heavy (non-hydrogen) atoms. The summed E-state index contributed by atoms with van der Waals surface area (Å²) in [6.07, 6.45) is -0.231. The molecule has 116 valence electrons. The highest BCUT2D eigenvalue weighted by Crippen LogP contribution is 2.35. The summed E-state index contributed by atoms with van der Waals surface area (Å²) in [5, 5.41) is 0.853. The van der Waals surface area contributed by atoms with E-state index in [0.717, 1.165) is 5.33 Å². The molecule has 0 saturated carbocycles. The zero-order chi connectivity index (χ0) is 15.8. The minimum Gasteiger partial charge on any atom is -0.444 e. The van der Waals surface area contributed by atoms with Gasteiger partial charge >= 0.3 is 6.09 Å². The van der Waals surface area contributed by atoms with Gasteiger partial charge in [-0.1, -0.05) is 48.0 Å². The Hall–Kier alpha value is -1.03. The average Bonchev–Trinajstić information content (AvgIpc) is 2.35. The summed E-state index contributed by atoms with van der Waals surface area (Å²) in [5.41, 5.74) is 3.29. The van der Waals surface area contributed by atoms with Gasteiger partial charge in [0.25, 0.3) is 0 Å². The fraction of sp³-hybridized carbons (Fsp3) is 0.588. The topological polar surface area (TPSA) is 29.5 Å². The highest BCUT2D eigenvalue weighted by Gasteiger charge is 2.35. The summed E-state index contributed by atoms with van der Waals surface area (Å²) in [7, 11) is 0. The number of nitrogens with zero attached hydrogens (tertiary/aromatic N) is 1. The van der Waals surface area contributed by atoms with E-state index < -0.39 is 5.60 Å². The minimum absolute atomic E-state index is 0.0668.